The zero-order valence-corrected chi connectivity index (χ0v) is 11.2. The number of pyridine rings is 1. The fourth-order valence-electron chi connectivity index (χ4n) is 2.27. The molecule has 0 spiro atoms. The topological polar surface area (TPSA) is 77.0 Å². The smallest absolute Gasteiger partial charge is 0.159 e. The van der Waals surface area contributed by atoms with Gasteiger partial charge in [-0.05, 0) is 29.8 Å². The van der Waals surface area contributed by atoms with Crippen molar-refractivity contribution < 1.29 is 5.11 Å². The molecule has 0 radical (unpaired) electrons. The maximum atomic E-state index is 9.84. The first-order valence-corrected chi connectivity index (χ1v) is 6.46. The quantitative estimate of drug-likeness (QED) is 0.757. The highest BCUT2D eigenvalue weighted by Crippen LogP contribution is 2.24. The van der Waals surface area contributed by atoms with Crippen molar-refractivity contribution in [3.63, 3.8) is 0 Å². The van der Waals surface area contributed by atoms with E-state index in [4.69, 9.17) is 5.73 Å². The molecule has 0 bridgehead atoms. The van der Waals surface area contributed by atoms with Gasteiger partial charge in [0, 0.05) is 19.8 Å². The number of fused-ring (bicyclic) bond motifs is 1. The van der Waals surface area contributed by atoms with E-state index in [-0.39, 0.29) is 6.54 Å². The molecular weight excluding hydrogens is 252 g/mol. The number of aliphatic hydroxyl groups is 1. The largest absolute Gasteiger partial charge is 0.387 e. The summed E-state index contributed by atoms with van der Waals surface area (Å²) >= 11 is 0. The van der Waals surface area contributed by atoms with Crippen molar-refractivity contribution in [1.82, 2.24) is 14.5 Å². The Morgan fingerprint density at radius 1 is 1.30 bits per heavy atom. The Balaban J connectivity index is 2.16. The summed E-state index contributed by atoms with van der Waals surface area (Å²) in [6.07, 6.45) is 1.10. The molecule has 0 fully saturated rings. The molecule has 3 N–H and O–H groups in total. The van der Waals surface area contributed by atoms with Crippen molar-refractivity contribution in [2.75, 3.05) is 6.54 Å². The minimum Gasteiger partial charge on any atom is -0.387 e. The summed E-state index contributed by atoms with van der Waals surface area (Å²) < 4.78 is 1.98. The highest BCUT2D eigenvalue weighted by atomic mass is 16.3. The van der Waals surface area contributed by atoms with Crippen molar-refractivity contribution >= 4 is 11.0 Å². The average molecular weight is 268 g/mol. The highest BCUT2D eigenvalue weighted by Gasteiger charge is 2.13. The number of nitrogens with two attached hydrogens (primary N) is 1. The molecule has 102 valence electrons. The lowest BCUT2D eigenvalue weighted by atomic mass is 10.1. The van der Waals surface area contributed by atoms with Crippen LogP contribution in [0.25, 0.3) is 22.6 Å². The second-order valence-electron chi connectivity index (χ2n) is 4.71. The lowest BCUT2D eigenvalue weighted by molar-refractivity contribution is 0.187. The fraction of sp³-hybridized carbons (Fsp3) is 0.200. The van der Waals surface area contributed by atoms with Gasteiger partial charge in [0.15, 0.2) is 5.82 Å². The molecule has 2 aromatic heterocycles. The number of hydrogen-bond acceptors (Lipinski definition) is 4. The molecule has 0 aliphatic rings. The van der Waals surface area contributed by atoms with Gasteiger partial charge in [-0.1, -0.05) is 12.1 Å². The summed E-state index contributed by atoms with van der Waals surface area (Å²) in [5, 5.41) is 9.84. The Labute approximate surface area is 116 Å². The van der Waals surface area contributed by atoms with Crippen molar-refractivity contribution in [2.24, 2.45) is 12.8 Å². The lowest BCUT2D eigenvalue weighted by Gasteiger charge is -2.08. The normalized spacial score (nSPS) is 12.8. The van der Waals surface area contributed by atoms with E-state index >= 15 is 0 Å². The number of hydrogen-bond donors (Lipinski definition) is 2. The molecule has 3 rings (SSSR count). The van der Waals surface area contributed by atoms with E-state index in [1.807, 2.05) is 48.0 Å². The second kappa shape index (κ2) is 5.03. The van der Waals surface area contributed by atoms with Gasteiger partial charge in [0.25, 0.3) is 0 Å². The standard InChI is InChI=1S/C15H16N4O/c1-19-13-8-10(14(20)9-16)5-6-11(13)18-15(19)12-4-2-3-7-17-12/h2-8,14,20H,9,16H2,1H3. The van der Waals surface area contributed by atoms with E-state index in [1.54, 1.807) is 6.20 Å². The molecule has 0 aliphatic carbocycles. The monoisotopic (exact) mass is 268 g/mol. The molecule has 1 aromatic carbocycles. The number of aromatic nitrogens is 3. The fourth-order valence-corrected chi connectivity index (χ4v) is 2.27. The number of aryl methyl sites for hydroxylation is 1. The predicted molar refractivity (Wildman–Crippen MR) is 78.0 cm³/mol. The van der Waals surface area contributed by atoms with Crippen LogP contribution in [0.2, 0.25) is 0 Å². The third-order valence-corrected chi connectivity index (χ3v) is 3.41. The van der Waals surface area contributed by atoms with Crippen LogP contribution in [0.3, 0.4) is 0 Å². The van der Waals surface area contributed by atoms with Gasteiger partial charge >= 0.3 is 0 Å². The Morgan fingerprint density at radius 2 is 2.15 bits per heavy atom. The molecule has 20 heavy (non-hydrogen) atoms. The Hall–Kier alpha value is -2.24. The Bertz CT molecular complexity index is 736. The van der Waals surface area contributed by atoms with Crippen molar-refractivity contribution in [2.45, 2.75) is 6.10 Å². The maximum absolute atomic E-state index is 9.84. The molecule has 3 aromatic rings. The maximum Gasteiger partial charge on any atom is 0.159 e. The number of imidazole rings is 1. The van der Waals surface area contributed by atoms with Gasteiger partial charge < -0.3 is 15.4 Å². The summed E-state index contributed by atoms with van der Waals surface area (Å²) in [5.74, 6) is 0.806. The van der Waals surface area contributed by atoms with Gasteiger partial charge in [-0.2, -0.15) is 0 Å². The molecule has 0 amide bonds. The van der Waals surface area contributed by atoms with Gasteiger partial charge in [0.05, 0.1) is 17.1 Å². The summed E-state index contributed by atoms with van der Waals surface area (Å²) in [5.41, 5.74) is 8.96. The number of aliphatic hydroxyl groups excluding tert-OH is 1. The molecule has 0 aliphatic heterocycles. The zero-order chi connectivity index (χ0) is 14.1. The van der Waals surface area contributed by atoms with Crippen LogP contribution in [-0.4, -0.2) is 26.2 Å². The summed E-state index contributed by atoms with van der Waals surface area (Å²) in [4.78, 5) is 8.92. The summed E-state index contributed by atoms with van der Waals surface area (Å²) in [6.45, 7) is 0.205. The average Bonchev–Trinajstić information content (AvgIpc) is 2.84. The molecular formula is C15H16N4O. The van der Waals surface area contributed by atoms with Gasteiger partial charge in [0.1, 0.15) is 5.69 Å². The van der Waals surface area contributed by atoms with Crippen LogP contribution in [0, 0.1) is 0 Å². The second-order valence-corrected chi connectivity index (χ2v) is 4.71. The molecule has 0 saturated heterocycles. The van der Waals surface area contributed by atoms with Crippen LogP contribution in [0.1, 0.15) is 11.7 Å². The first-order chi connectivity index (χ1) is 9.70. The molecule has 5 heteroatoms. The van der Waals surface area contributed by atoms with E-state index in [1.165, 1.54) is 0 Å². The Morgan fingerprint density at radius 3 is 2.85 bits per heavy atom. The molecule has 0 saturated carbocycles. The van der Waals surface area contributed by atoms with Crippen molar-refractivity contribution in [3.8, 4) is 11.5 Å². The first-order valence-electron chi connectivity index (χ1n) is 6.46. The van der Waals surface area contributed by atoms with Crippen LogP contribution in [0.4, 0.5) is 0 Å². The lowest BCUT2D eigenvalue weighted by Crippen LogP contribution is -2.11. The van der Waals surface area contributed by atoms with Crippen LogP contribution in [-0.2, 0) is 7.05 Å². The van der Waals surface area contributed by atoms with E-state index in [0.717, 1.165) is 28.1 Å². The molecule has 1 atom stereocenters. The van der Waals surface area contributed by atoms with E-state index in [9.17, 15) is 5.11 Å². The molecule has 1 unspecified atom stereocenters. The Kier molecular flexibility index (Phi) is 3.22. The van der Waals surface area contributed by atoms with Crippen LogP contribution < -0.4 is 5.73 Å². The first kappa shape index (κ1) is 12.8. The molecule has 2 heterocycles. The van der Waals surface area contributed by atoms with E-state index in [2.05, 4.69) is 9.97 Å². The van der Waals surface area contributed by atoms with Crippen molar-refractivity contribution in [3.05, 3.63) is 48.2 Å². The van der Waals surface area contributed by atoms with Crippen LogP contribution in [0.5, 0.6) is 0 Å². The summed E-state index contributed by atoms with van der Waals surface area (Å²) in [7, 11) is 1.94. The predicted octanol–water partition coefficient (Wildman–Crippen LogP) is 1.63. The molecule has 5 nitrogen and oxygen atoms in total. The number of rotatable bonds is 3. The van der Waals surface area contributed by atoms with Gasteiger partial charge in [-0.15, -0.1) is 0 Å². The van der Waals surface area contributed by atoms with Gasteiger partial charge in [-0.3, -0.25) is 4.98 Å². The number of nitrogens with zero attached hydrogens (tertiary/aromatic N) is 3. The minimum atomic E-state index is -0.646. The number of benzene rings is 1. The zero-order valence-electron chi connectivity index (χ0n) is 11.2. The SMILES string of the molecule is Cn1c(-c2ccccn2)nc2ccc(C(O)CN)cc21. The van der Waals surface area contributed by atoms with Gasteiger partial charge in [0.2, 0.25) is 0 Å². The van der Waals surface area contributed by atoms with Gasteiger partial charge in [-0.25, -0.2) is 4.98 Å². The van der Waals surface area contributed by atoms with E-state index < -0.39 is 6.10 Å². The van der Waals surface area contributed by atoms with Crippen LogP contribution >= 0.6 is 0 Å². The minimum absolute atomic E-state index is 0.205. The van der Waals surface area contributed by atoms with Crippen molar-refractivity contribution in [1.29, 1.82) is 0 Å². The third kappa shape index (κ3) is 2.07. The summed E-state index contributed by atoms with van der Waals surface area (Å²) in [6, 6.07) is 11.4. The highest BCUT2D eigenvalue weighted by molar-refractivity contribution is 5.80. The van der Waals surface area contributed by atoms with Crippen LogP contribution in [0.15, 0.2) is 42.6 Å². The van der Waals surface area contributed by atoms with E-state index in [0.29, 0.717) is 0 Å². The third-order valence-electron chi connectivity index (χ3n) is 3.41.